The van der Waals surface area contributed by atoms with Crippen molar-refractivity contribution in [2.24, 2.45) is 0 Å². The Morgan fingerprint density at radius 3 is 2.29 bits per heavy atom. The van der Waals surface area contributed by atoms with E-state index in [0.717, 1.165) is 6.07 Å². The van der Waals surface area contributed by atoms with Gasteiger partial charge in [0.1, 0.15) is 11.6 Å². The second-order valence-corrected chi connectivity index (χ2v) is 8.47. The standard InChI is InChI=1S/C24H20F3N3OS.CH2O2/c1-2-32-22-15-20(24(25,26)27)19-13-18(31)14-21(28-16-9-5-3-6-10-16)30(23(19)29-22)17-11-7-4-8-12-17;2-1-3/h3-12,14-15,28H,2,13H2,1H3;1H,(H,2,3). The van der Waals surface area contributed by atoms with Crippen molar-refractivity contribution < 1.29 is 27.9 Å². The number of carbonyl (C=O) groups excluding carboxylic acids is 1. The van der Waals surface area contributed by atoms with E-state index in [1.807, 2.05) is 43.3 Å². The lowest BCUT2D eigenvalue weighted by atomic mass is 10.0. The van der Waals surface area contributed by atoms with Gasteiger partial charge in [-0.05, 0) is 36.1 Å². The maximum Gasteiger partial charge on any atom is 0.416 e. The molecule has 1 aliphatic heterocycles. The van der Waals surface area contributed by atoms with Gasteiger partial charge in [-0.15, -0.1) is 11.8 Å². The number of anilines is 3. The molecule has 0 unspecified atom stereocenters. The molecule has 1 aromatic heterocycles. The van der Waals surface area contributed by atoms with Crippen LogP contribution in [0.25, 0.3) is 0 Å². The molecular weight excluding hydrogens is 479 g/mol. The van der Waals surface area contributed by atoms with Gasteiger partial charge in [0.25, 0.3) is 6.47 Å². The number of hydrogen-bond donors (Lipinski definition) is 2. The number of thioether (sulfide) groups is 1. The summed E-state index contributed by atoms with van der Waals surface area (Å²) in [5.74, 6) is 0.567. The lowest BCUT2D eigenvalue weighted by molar-refractivity contribution is -0.138. The molecule has 4 rings (SSSR count). The number of fused-ring (bicyclic) bond motifs is 1. The number of nitrogens with zero attached hydrogens (tertiary/aromatic N) is 2. The van der Waals surface area contributed by atoms with Crippen LogP contribution in [0.2, 0.25) is 0 Å². The van der Waals surface area contributed by atoms with Gasteiger partial charge in [0.2, 0.25) is 0 Å². The molecule has 6 nitrogen and oxygen atoms in total. The quantitative estimate of drug-likeness (QED) is 0.321. The predicted octanol–water partition coefficient (Wildman–Crippen LogP) is 6.13. The Kier molecular flexibility index (Phi) is 8.53. The summed E-state index contributed by atoms with van der Waals surface area (Å²) in [7, 11) is 0. The highest BCUT2D eigenvalue weighted by Crippen LogP contribution is 2.42. The van der Waals surface area contributed by atoms with Crippen LogP contribution in [0.1, 0.15) is 18.1 Å². The van der Waals surface area contributed by atoms with Crippen molar-refractivity contribution in [3.05, 3.63) is 89.8 Å². The summed E-state index contributed by atoms with van der Waals surface area (Å²) in [6, 6.07) is 19.1. The normalized spacial score (nSPS) is 13.1. The second kappa shape index (κ2) is 11.6. The smallest absolute Gasteiger partial charge is 0.416 e. The molecule has 2 aromatic carbocycles. The molecule has 0 atom stereocenters. The Morgan fingerprint density at radius 2 is 1.71 bits per heavy atom. The number of ketones is 1. The van der Waals surface area contributed by atoms with Gasteiger partial charge in [-0.2, -0.15) is 13.2 Å². The van der Waals surface area contributed by atoms with E-state index >= 15 is 0 Å². The highest BCUT2D eigenvalue weighted by Gasteiger charge is 2.38. The largest absolute Gasteiger partial charge is 0.483 e. The number of nitrogens with one attached hydrogen (secondary N) is 1. The fourth-order valence-electron chi connectivity index (χ4n) is 3.53. The van der Waals surface area contributed by atoms with Crippen LogP contribution in [-0.2, 0) is 22.2 Å². The summed E-state index contributed by atoms with van der Waals surface area (Å²) in [5.41, 5.74) is 0.332. The van der Waals surface area contributed by atoms with Gasteiger partial charge in [0, 0.05) is 29.4 Å². The van der Waals surface area contributed by atoms with Crippen LogP contribution in [0.15, 0.2) is 83.7 Å². The zero-order valence-corrected chi connectivity index (χ0v) is 19.4. The van der Waals surface area contributed by atoms with E-state index in [1.54, 1.807) is 29.2 Å². The van der Waals surface area contributed by atoms with Crippen LogP contribution in [0.4, 0.5) is 30.4 Å². The first-order chi connectivity index (χ1) is 16.8. The molecule has 2 heterocycles. The van der Waals surface area contributed by atoms with Crippen molar-refractivity contribution in [3.63, 3.8) is 0 Å². The van der Waals surface area contributed by atoms with E-state index in [2.05, 4.69) is 10.3 Å². The minimum atomic E-state index is -4.62. The van der Waals surface area contributed by atoms with Gasteiger partial charge < -0.3 is 10.4 Å². The number of hydrogen-bond acceptors (Lipinski definition) is 6. The third kappa shape index (κ3) is 6.42. The molecule has 0 aliphatic carbocycles. The third-order valence-corrected chi connectivity index (χ3v) is 5.63. The first-order valence-corrected chi connectivity index (χ1v) is 11.5. The number of para-hydroxylation sites is 2. The molecule has 0 amide bonds. The van der Waals surface area contributed by atoms with Crippen LogP contribution >= 0.6 is 11.8 Å². The van der Waals surface area contributed by atoms with Gasteiger partial charge in [0.15, 0.2) is 5.78 Å². The molecule has 0 fully saturated rings. The Bertz CT molecular complexity index is 1200. The minimum absolute atomic E-state index is 0.0995. The molecule has 0 radical (unpaired) electrons. The SMILES string of the molecule is CCSc1cc(C(F)(F)F)c2c(n1)N(c1ccccc1)C(Nc1ccccc1)=CC(=O)C2.O=CO. The number of halogens is 3. The van der Waals surface area contributed by atoms with Gasteiger partial charge in [-0.3, -0.25) is 14.5 Å². The number of alkyl halides is 3. The topological polar surface area (TPSA) is 82.5 Å². The van der Waals surface area contributed by atoms with E-state index in [4.69, 9.17) is 9.90 Å². The molecule has 1 aliphatic rings. The second-order valence-electron chi connectivity index (χ2n) is 7.18. The van der Waals surface area contributed by atoms with Crippen LogP contribution in [0, 0.1) is 0 Å². The van der Waals surface area contributed by atoms with Crippen molar-refractivity contribution in [2.75, 3.05) is 16.0 Å². The van der Waals surface area contributed by atoms with Crippen molar-refractivity contribution >= 4 is 41.2 Å². The van der Waals surface area contributed by atoms with Gasteiger partial charge in [0.05, 0.1) is 10.6 Å². The third-order valence-electron chi connectivity index (χ3n) is 4.84. The zero-order valence-electron chi connectivity index (χ0n) is 18.6. The summed E-state index contributed by atoms with van der Waals surface area (Å²) in [4.78, 5) is 27.3. The van der Waals surface area contributed by atoms with Crippen LogP contribution < -0.4 is 10.2 Å². The van der Waals surface area contributed by atoms with E-state index in [1.165, 1.54) is 17.8 Å². The highest BCUT2D eigenvalue weighted by atomic mass is 32.2. The number of carbonyl (C=O) groups is 2. The lowest BCUT2D eigenvalue weighted by Gasteiger charge is -2.29. The molecule has 35 heavy (non-hydrogen) atoms. The van der Waals surface area contributed by atoms with E-state index in [9.17, 15) is 18.0 Å². The first kappa shape index (κ1) is 25.8. The summed E-state index contributed by atoms with van der Waals surface area (Å²) >= 11 is 1.23. The van der Waals surface area contributed by atoms with Gasteiger partial charge in [-0.1, -0.05) is 43.3 Å². The highest BCUT2D eigenvalue weighted by molar-refractivity contribution is 7.99. The number of rotatable bonds is 5. The molecule has 2 N–H and O–H groups in total. The monoisotopic (exact) mass is 501 g/mol. The number of aromatic nitrogens is 1. The molecular formula is C25H22F3N3O3S. The van der Waals surface area contributed by atoms with Crippen LogP contribution in [0.3, 0.4) is 0 Å². The van der Waals surface area contributed by atoms with Crippen LogP contribution in [0.5, 0.6) is 0 Å². The van der Waals surface area contributed by atoms with Gasteiger partial charge in [-0.25, -0.2) is 4.98 Å². The number of pyridine rings is 1. The summed E-state index contributed by atoms with van der Waals surface area (Å²) in [6.45, 7) is 1.60. The lowest BCUT2D eigenvalue weighted by Crippen LogP contribution is -2.25. The first-order valence-electron chi connectivity index (χ1n) is 10.5. The Hall–Kier alpha value is -3.79. The maximum absolute atomic E-state index is 14.0. The zero-order chi connectivity index (χ0) is 25.4. The minimum Gasteiger partial charge on any atom is -0.483 e. The summed E-state index contributed by atoms with van der Waals surface area (Å²) < 4.78 is 42.1. The Labute approximate surface area is 204 Å². The van der Waals surface area contributed by atoms with Crippen LogP contribution in [-0.4, -0.2) is 28.1 Å². The number of carboxylic acid groups (broad SMARTS) is 1. The van der Waals surface area contributed by atoms with Crippen molar-refractivity contribution in [2.45, 2.75) is 24.5 Å². The summed E-state index contributed by atoms with van der Waals surface area (Å²) in [6.07, 6.45) is -3.66. The summed E-state index contributed by atoms with van der Waals surface area (Å²) in [5, 5.41) is 10.3. The molecule has 10 heteroatoms. The van der Waals surface area contributed by atoms with E-state index < -0.39 is 23.9 Å². The fourth-order valence-corrected chi connectivity index (χ4v) is 4.17. The number of benzene rings is 2. The molecule has 0 bridgehead atoms. The van der Waals surface area contributed by atoms with Crippen molar-refractivity contribution in [1.82, 2.24) is 4.98 Å². The molecule has 0 spiro atoms. The molecule has 0 saturated heterocycles. The Balaban J connectivity index is 0.00000108. The van der Waals surface area contributed by atoms with Gasteiger partial charge >= 0.3 is 6.18 Å². The molecule has 182 valence electrons. The molecule has 3 aromatic rings. The number of allylic oxidation sites excluding steroid dienone is 1. The Morgan fingerprint density at radius 1 is 1.11 bits per heavy atom. The molecule has 0 saturated carbocycles. The average molecular weight is 502 g/mol. The van der Waals surface area contributed by atoms with Crippen molar-refractivity contribution in [3.8, 4) is 0 Å². The average Bonchev–Trinajstić information content (AvgIpc) is 2.95. The van der Waals surface area contributed by atoms with E-state index in [-0.39, 0.29) is 22.9 Å². The fraction of sp³-hybridized carbons (Fsp3) is 0.160. The maximum atomic E-state index is 14.0. The predicted molar refractivity (Wildman–Crippen MR) is 130 cm³/mol. The van der Waals surface area contributed by atoms with Crippen molar-refractivity contribution in [1.29, 1.82) is 0 Å². The van der Waals surface area contributed by atoms with E-state index in [0.29, 0.717) is 22.9 Å².